The van der Waals surface area contributed by atoms with Crippen LogP contribution in [0.1, 0.15) is 55.9 Å². The van der Waals surface area contributed by atoms with Crippen LogP contribution in [0, 0.1) is 0 Å². The molecule has 11 heteroatoms. The van der Waals surface area contributed by atoms with E-state index in [0.717, 1.165) is 32.2 Å². The molecule has 0 spiro atoms. The smallest absolute Gasteiger partial charge is 0.329 e. The molecule has 1 aliphatic rings. The topological polar surface area (TPSA) is 114 Å². The number of aliphatic carboxylic acids is 1. The summed E-state index contributed by atoms with van der Waals surface area (Å²) in [6, 6.07) is 11.9. The molecule has 0 saturated heterocycles. The van der Waals surface area contributed by atoms with Crippen LogP contribution in [-0.4, -0.2) is 71.2 Å². The number of halogens is 2. The van der Waals surface area contributed by atoms with Crippen LogP contribution in [0.3, 0.4) is 0 Å². The van der Waals surface area contributed by atoms with Crippen LogP contribution in [0.15, 0.2) is 42.5 Å². The number of carbonyl (C=O) groups excluding carboxylic acids is 1. The highest BCUT2D eigenvalue weighted by molar-refractivity contribution is 6.33. The lowest BCUT2D eigenvalue weighted by molar-refractivity contribution is -0.145. The second-order valence-electron chi connectivity index (χ2n) is 10.6. The number of hydrogen-bond acceptors (Lipinski definition) is 7. The molecule has 42 heavy (non-hydrogen) atoms. The van der Waals surface area contributed by atoms with Crippen LogP contribution in [0.4, 0.5) is 0 Å². The maximum absolute atomic E-state index is 13.5. The molecule has 1 aliphatic carbocycles. The molecule has 1 fully saturated rings. The van der Waals surface area contributed by atoms with Crippen LogP contribution in [0.2, 0.25) is 10.0 Å². The van der Waals surface area contributed by atoms with Crippen molar-refractivity contribution in [2.45, 2.75) is 51.0 Å². The normalized spacial score (nSPS) is 14.4. The van der Waals surface area contributed by atoms with E-state index < -0.39 is 17.4 Å². The third-order valence-electron chi connectivity index (χ3n) is 7.18. The Hall–Kier alpha value is -3.40. The van der Waals surface area contributed by atoms with Gasteiger partial charge in [-0.25, -0.2) is 14.8 Å². The number of aromatic nitrogens is 2. The first-order valence-corrected chi connectivity index (χ1v) is 14.8. The van der Waals surface area contributed by atoms with E-state index in [2.05, 4.69) is 15.2 Å². The molecule has 9 nitrogen and oxygen atoms in total. The van der Waals surface area contributed by atoms with Crippen molar-refractivity contribution in [2.24, 2.45) is 0 Å². The lowest BCUT2D eigenvalue weighted by Gasteiger charge is -2.33. The first-order valence-electron chi connectivity index (χ1n) is 14.1. The standard InChI is InChI=1S/C31H36Cl2N4O5/c1-4-41-26-14-12-23(33)28(35-26)21-10-13-24(29(38)36-31(30(39)40)15-6-5-7-16-31)34-27(21)20-9-11-22(32)25(19-20)42-18-8-17-37(2)3/h9-14,19H,4-8,15-18H2,1-3H3,(H,36,38)(H,39,40). The number of carbonyl (C=O) groups is 2. The molecule has 0 radical (unpaired) electrons. The van der Waals surface area contributed by atoms with Crippen molar-refractivity contribution in [2.75, 3.05) is 33.9 Å². The summed E-state index contributed by atoms with van der Waals surface area (Å²) in [7, 11) is 3.99. The molecule has 1 aromatic carbocycles. The van der Waals surface area contributed by atoms with Gasteiger partial charge in [0.15, 0.2) is 0 Å². The zero-order valence-corrected chi connectivity index (χ0v) is 25.6. The number of carboxylic acids is 1. The second kappa shape index (κ2) is 14.2. The number of nitrogens with zero attached hydrogens (tertiary/aromatic N) is 3. The fourth-order valence-corrected chi connectivity index (χ4v) is 5.37. The van der Waals surface area contributed by atoms with Crippen molar-refractivity contribution in [1.29, 1.82) is 0 Å². The molecule has 0 atom stereocenters. The molecule has 1 saturated carbocycles. The van der Waals surface area contributed by atoms with Gasteiger partial charge in [0.25, 0.3) is 5.91 Å². The van der Waals surface area contributed by atoms with Crippen LogP contribution in [-0.2, 0) is 4.79 Å². The number of rotatable bonds is 12. The van der Waals surface area contributed by atoms with Crippen LogP contribution >= 0.6 is 23.2 Å². The van der Waals surface area contributed by atoms with E-state index in [0.29, 0.717) is 70.2 Å². The minimum atomic E-state index is -1.32. The molecule has 3 aromatic rings. The predicted molar refractivity (Wildman–Crippen MR) is 164 cm³/mol. The van der Waals surface area contributed by atoms with Gasteiger partial charge in [-0.2, -0.15) is 0 Å². The van der Waals surface area contributed by atoms with Gasteiger partial charge in [0.05, 0.1) is 34.6 Å². The van der Waals surface area contributed by atoms with Crippen molar-refractivity contribution in [3.8, 4) is 34.1 Å². The van der Waals surface area contributed by atoms with Crippen molar-refractivity contribution in [1.82, 2.24) is 20.2 Å². The number of ether oxygens (including phenoxy) is 2. The van der Waals surface area contributed by atoms with Crippen molar-refractivity contribution < 1.29 is 24.2 Å². The second-order valence-corrected chi connectivity index (χ2v) is 11.4. The fourth-order valence-electron chi connectivity index (χ4n) is 4.99. The minimum Gasteiger partial charge on any atom is -0.492 e. The Balaban J connectivity index is 1.77. The van der Waals surface area contributed by atoms with Crippen LogP contribution in [0.5, 0.6) is 11.6 Å². The summed E-state index contributed by atoms with van der Waals surface area (Å²) in [6.45, 7) is 3.61. The third kappa shape index (κ3) is 7.51. The lowest BCUT2D eigenvalue weighted by atomic mass is 9.81. The molecule has 224 valence electrons. The zero-order valence-electron chi connectivity index (χ0n) is 24.1. The van der Waals surface area contributed by atoms with E-state index in [4.69, 9.17) is 37.7 Å². The monoisotopic (exact) mass is 614 g/mol. The first-order chi connectivity index (χ1) is 20.1. The highest BCUT2D eigenvalue weighted by Gasteiger charge is 2.41. The molecule has 2 heterocycles. The maximum atomic E-state index is 13.5. The summed E-state index contributed by atoms with van der Waals surface area (Å²) in [4.78, 5) is 37.1. The van der Waals surface area contributed by atoms with Crippen molar-refractivity contribution >= 4 is 35.1 Å². The van der Waals surface area contributed by atoms with Gasteiger partial charge in [0.1, 0.15) is 17.0 Å². The number of nitrogens with one attached hydrogen (secondary N) is 1. The first kappa shape index (κ1) is 31.5. The number of benzene rings is 1. The van der Waals surface area contributed by atoms with E-state index >= 15 is 0 Å². The van der Waals surface area contributed by atoms with Gasteiger partial charge >= 0.3 is 5.97 Å². The van der Waals surface area contributed by atoms with Crippen molar-refractivity contribution in [3.63, 3.8) is 0 Å². The zero-order chi connectivity index (χ0) is 30.3. The number of amides is 1. The van der Waals surface area contributed by atoms with Gasteiger partial charge in [-0.05, 0) is 70.6 Å². The average Bonchev–Trinajstić information content (AvgIpc) is 2.97. The average molecular weight is 616 g/mol. The van der Waals surface area contributed by atoms with Gasteiger partial charge in [-0.3, -0.25) is 4.79 Å². The molecule has 4 rings (SSSR count). The Morgan fingerprint density at radius 1 is 0.976 bits per heavy atom. The highest BCUT2D eigenvalue weighted by atomic mass is 35.5. The van der Waals surface area contributed by atoms with E-state index in [1.807, 2.05) is 21.0 Å². The Labute approximate surface area is 256 Å². The number of carboxylic acid groups (broad SMARTS) is 1. The Morgan fingerprint density at radius 3 is 2.40 bits per heavy atom. The molecule has 2 aromatic heterocycles. The molecule has 1 amide bonds. The van der Waals surface area contributed by atoms with Crippen LogP contribution < -0.4 is 14.8 Å². The van der Waals surface area contributed by atoms with Crippen molar-refractivity contribution in [3.05, 3.63) is 58.2 Å². The summed E-state index contributed by atoms with van der Waals surface area (Å²) >= 11 is 13.1. The fraction of sp³-hybridized carbons (Fsp3) is 0.419. The van der Waals surface area contributed by atoms with E-state index in [1.54, 1.807) is 42.5 Å². The summed E-state index contributed by atoms with van der Waals surface area (Å²) in [5.41, 5.74) is 0.769. The van der Waals surface area contributed by atoms with E-state index in [9.17, 15) is 14.7 Å². The SMILES string of the molecule is CCOc1ccc(Cl)c(-c2ccc(C(=O)NC3(C(=O)O)CCCCC3)nc2-c2ccc(Cl)c(OCCCN(C)C)c2)n1. The molecule has 0 aliphatic heterocycles. The van der Waals surface area contributed by atoms with E-state index in [1.165, 1.54) is 0 Å². The quantitative estimate of drug-likeness (QED) is 0.226. The Bertz CT molecular complexity index is 1430. The molecule has 0 unspecified atom stereocenters. The molecule has 2 N–H and O–H groups in total. The predicted octanol–water partition coefficient (Wildman–Crippen LogP) is 6.36. The van der Waals surface area contributed by atoms with Crippen LogP contribution in [0.25, 0.3) is 22.5 Å². The lowest BCUT2D eigenvalue weighted by Crippen LogP contribution is -2.55. The molecular formula is C31H36Cl2N4O5. The van der Waals surface area contributed by atoms with Gasteiger partial charge in [-0.1, -0.05) is 48.5 Å². The summed E-state index contributed by atoms with van der Waals surface area (Å²) in [5, 5.41) is 13.6. The maximum Gasteiger partial charge on any atom is 0.329 e. The van der Waals surface area contributed by atoms with Gasteiger partial charge in [0.2, 0.25) is 5.88 Å². The summed E-state index contributed by atoms with van der Waals surface area (Å²) in [6.07, 6.45) is 3.94. The largest absolute Gasteiger partial charge is 0.492 e. The molecule has 0 bridgehead atoms. The number of hydrogen-bond donors (Lipinski definition) is 2. The minimum absolute atomic E-state index is 0.0698. The summed E-state index contributed by atoms with van der Waals surface area (Å²) < 4.78 is 11.6. The Kier molecular flexibility index (Phi) is 10.6. The third-order valence-corrected chi connectivity index (χ3v) is 7.79. The molecular weight excluding hydrogens is 579 g/mol. The Morgan fingerprint density at radius 2 is 1.71 bits per heavy atom. The van der Waals surface area contributed by atoms with E-state index in [-0.39, 0.29) is 5.69 Å². The van der Waals surface area contributed by atoms with Gasteiger partial charge < -0.3 is 24.8 Å². The highest BCUT2D eigenvalue weighted by Crippen LogP contribution is 2.38. The van der Waals surface area contributed by atoms with Gasteiger partial charge in [-0.15, -0.1) is 0 Å². The summed E-state index contributed by atoms with van der Waals surface area (Å²) in [5.74, 6) is -0.732. The van der Waals surface area contributed by atoms with Gasteiger partial charge in [0, 0.05) is 23.7 Å². The number of pyridine rings is 2.